The Bertz CT molecular complexity index is 613. The molecular formula is C17H18BrNO2. The summed E-state index contributed by atoms with van der Waals surface area (Å²) in [6, 6.07) is 15.3. The molecule has 0 radical (unpaired) electrons. The molecule has 0 saturated heterocycles. The summed E-state index contributed by atoms with van der Waals surface area (Å²) in [5, 5.41) is 9.21. The van der Waals surface area contributed by atoms with E-state index in [0.29, 0.717) is 18.7 Å². The number of hydrogen-bond acceptors (Lipinski definition) is 2. The Kier molecular flexibility index (Phi) is 5.53. The number of halogens is 1. The van der Waals surface area contributed by atoms with Crippen LogP contribution in [0.15, 0.2) is 53.0 Å². The maximum Gasteiger partial charge on any atom is 0.254 e. The molecule has 0 aliphatic rings. The van der Waals surface area contributed by atoms with Crippen molar-refractivity contribution in [1.82, 2.24) is 4.90 Å². The fourth-order valence-electron chi connectivity index (χ4n) is 2.09. The first-order valence-corrected chi connectivity index (χ1v) is 7.61. The van der Waals surface area contributed by atoms with Crippen molar-refractivity contribution < 1.29 is 9.90 Å². The second-order valence-electron chi connectivity index (χ2n) is 4.90. The van der Waals surface area contributed by atoms with Gasteiger partial charge in [-0.2, -0.15) is 0 Å². The highest BCUT2D eigenvalue weighted by molar-refractivity contribution is 9.10. The Labute approximate surface area is 133 Å². The lowest BCUT2D eigenvalue weighted by atomic mass is 10.1. The molecule has 0 aromatic heterocycles. The lowest BCUT2D eigenvalue weighted by molar-refractivity contribution is 0.0708. The maximum atomic E-state index is 12.6. The van der Waals surface area contributed by atoms with E-state index in [2.05, 4.69) is 15.9 Å². The number of aliphatic hydroxyl groups excluding tert-OH is 1. The highest BCUT2D eigenvalue weighted by atomic mass is 79.9. The van der Waals surface area contributed by atoms with E-state index in [-0.39, 0.29) is 12.5 Å². The molecular weight excluding hydrogens is 330 g/mol. The van der Waals surface area contributed by atoms with E-state index in [1.165, 1.54) is 0 Å². The van der Waals surface area contributed by atoms with E-state index >= 15 is 0 Å². The molecule has 0 unspecified atom stereocenters. The van der Waals surface area contributed by atoms with Crippen LogP contribution in [0.5, 0.6) is 0 Å². The van der Waals surface area contributed by atoms with Crippen LogP contribution in [0.25, 0.3) is 0 Å². The predicted octanol–water partition coefficient (Wildman–Crippen LogP) is 3.39. The molecule has 0 spiro atoms. The van der Waals surface area contributed by atoms with Crippen LogP contribution in [-0.2, 0) is 6.54 Å². The molecule has 0 aliphatic carbocycles. The Morgan fingerprint density at radius 3 is 2.52 bits per heavy atom. The van der Waals surface area contributed by atoms with E-state index in [1.54, 1.807) is 4.90 Å². The van der Waals surface area contributed by atoms with Crippen LogP contribution in [0.2, 0.25) is 0 Å². The van der Waals surface area contributed by atoms with Crippen molar-refractivity contribution in [3.8, 4) is 0 Å². The van der Waals surface area contributed by atoms with Gasteiger partial charge in [0.25, 0.3) is 5.91 Å². The van der Waals surface area contributed by atoms with Gasteiger partial charge >= 0.3 is 0 Å². The zero-order valence-corrected chi connectivity index (χ0v) is 13.5. The third-order valence-corrected chi connectivity index (χ3v) is 4.15. The summed E-state index contributed by atoms with van der Waals surface area (Å²) in [7, 11) is 0. The van der Waals surface area contributed by atoms with Gasteiger partial charge in [0.1, 0.15) is 0 Å². The molecule has 0 saturated carbocycles. The van der Waals surface area contributed by atoms with E-state index in [9.17, 15) is 9.90 Å². The highest BCUT2D eigenvalue weighted by Crippen LogP contribution is 2.19. The lowest BCUT2D eigenvalue weighted by Gasteiger charge is -2.22. The zero-order chi connectivity index (χ0) is 15.2. The first-order valence-electron chi connectivity index (χ1n) is 6.82. The molecule has 0 heterocycles. The fraction of sp³-hybridized carbons (Fsp3) is 0.235. The number of carbonyl (C=O) groups is 1. The molecule has 110 valence electrons. The first-order chi connectivity index (χ1) is 10.1. The summed E-state index contributed by atoms with van der Waals surface area (Å²) < 4.78 is 0.914. The van der Waals surface area contributed by atoms with E-state index in [1.807, 2.05) is 55.5 Å². The van der Waals surface area contributed by atoms with E-state index in [0.717, 1.165) is 15.6 Å². The number of amides is 1. The molecule has 3 nitrogen and oxygen atoms in total. The van der Waals surface area contributed by atoms with Crippen LogP contribution in [-0.4, -0.2) is 29.1 Å². The molecule has 4 heteroatoms. The number of aryl methyl sites for hydroxylation is 1. The molecule has 2 aromatic rings. The first kappa shape index (κ1) is 15.7. The fourth-order valence-corrected chi connectivity index (χ4v) is 2.46. The molecule has 1 amide bonds. The van der Waals surface area contributed by atoms with Gasteiger partial charge in [-0.05, 0) is 30.2 Å². The minimum atomic E-state index is -0.0754. The van der Waals surface area contributed by atoms with Crippen LogP contribution in [0.4, 0.5) is 0 Å². The van der Waals surface area contributed by atoms with Crippen LogP contribution in [0.1, 0.15) is 21.5 Å². The molecule has 0 aliphatic heterocycles. The van der Waals surface area contributed by atoms with E-state index < -0.39 is 0 Å². The summed E-state index contributed by atoms with van der Waals surface area (Å²) in [6.45, 7) is 2.74. The SMILES string of the molecule is Cc1ccc(C(=O)N(CCO)Cc2ccccc2)cc1Br. The molecule has 0 fully saturated rings. The largest absolute Gasteiger partial charge is 0.395 e. The maximum absolute atomic E-state index is 12.6. The third kappa shape index (κ3) is 4.16. The molecule has 0 bridgehead atoms. The highest BCUT2D eigenvalue weighted by Gasteiger charge is 2.16. The monoisotopic (exact) mass is 347 g/mol. The lowest BCUT2D eigenvalue weighted by Crippen LogP contribution is -2.33. The van der Waals surface area contributed by atoms with Gasteiger partial charge in [0.2, 0.25) is 0 Å². The molecule has 1 N–H and O–H groups in total. The van der Waals surface area contributed by atoms with Crippen molar-refractivity contribution in [2.75, 3.05) is 13.2 Å². The number of benzene rings is 2. The molecule has 21 heavy (non-hydrogen) atoms. The van der Waals surface area contributed by atoms with Gasteiger partial charge in [0.15, 0.2) is 0 Å². The quantitative estimate of drug-likeness (QED) is 0.900. The minimum Gasteiger partial charge on any atom is -0.395 e. The second-order valence-corrected chi connectivity index (χ2v) is 5.75. The Morgan fingerprint density at radius 1 is 1.19 bits per heavy atom. The normalized spacial score (nSPS) is 10.4. The van der Waals surface area contributed by atoms with Gasteiger partial charge in [-0.3, -0.25) is 4.79 Å². The topological polar surface area (TPSA) is 40.5 Å². The predicted molar refractivity (Wildman–Crippen MR) is 87.1 cm³/mol. The van der Waals surface area contributed by atoms with Crippen molar-refractivity contribution in [3.63, 3.8) is 0 Å². The van der Waals surface area contributed by atoms with Crippen LogP contribution in [0, 0.1) is 6.92 Å². The summed E-state index contributed by atoms with van der Waals surface area (Å²) in [4.78, 5) is 14.3. The van der Waals surface area contributed by atoms with Crippen LogP contribution < -0.4 is 0 Å². The summed E-state index contributed by atoms with van der Waals surface area (Å²) >= 11 is 3.45. The minimum absolute atomic E-state index is 0.0500. The number of hydrogen-bond donors (Lipinski definition) is 1. The Morgan fingerprint density at radius 2 is 1.90 bits per heavy atom. The Hall–Kier alpha value is -1.65. The average Bonchev–Trinajstić information content (AvgIpc) is 2.50. The Balaban J connectivity index is 2.20. The van der Waals surface area contributed by atoms with Gasteiger partial charge < -0.3 is 10.0 Å². The van der Waals surface area contributed by atoms with E-state index in [4.69, 9.17) is 0 Å². The van der Waals surface area contributed by atoms with Crippen LogP contribution in [0.3, 0.4) is 0 Å². The van der Waals surface area contributed by atoms with Crippen molar-refractivity contribution >= 4 is 21.8 Å². The third-order valence-electron chi connectivity index (χ3n) is 3.29. The number of carbonyl (C=O) groups excluding carboxylic acids is 1. The van der Waals surface area contributed by atoms with Gasteiger partial charge in [0.05, 0.1) is 6.61 Å². The molecule has 2 aromatic carbocycles. The number of aliphatic hydroxyl groups is 1. The standard InChI is InChI=1S/C17H18BrNO2/c1-13-7-8-15(11-16(13)18)17(21)19(9-10-20)12-14-5-3-2-4-6-14/h2-8,11,20H,9-10,12H2,1H3. The van der Waals surface area contributed by atoms with Crippen molar-refractivity contribution in [2.24, 2.45) is 0 Å². The summed E-state index contributed by atoms with van der Waals surface area (Å²) in [5.74, 6) is -0.0754. The summed E-state index contributed by atoms with van der Waals surface area (Å²) in [5.41, 5.74) is 2.76. The van der Waals surface area contributed by atoms with Gasteiger partial charge in [0, 0.05) is 23.1 Å². The van der Waals surface area contributed by atoms with Crippen molar-refractivity contribution in [2.45, 2.75) is 13.5 Å². The zero-order valence-electron chi connectivity index (χ0n) is 11.9. The second kappa shape index (κ2) is 7.38. The molecule has 2 rings (SSSR count). The van der Waals surface area contributed by atoms with Crippen molar-refractivity contribution in [1.29, 1.82) is 0 Å². The smallest absolute Gasteiger partial charge is 0.254 e. The number of nitrogens with zero attached hydrogens (tertiary/aromatic N) is 1. The van der Waals surface area contributed by atoms with Gasteiger partial charge in [-0.25, -0.2) is 0 Å². The average molecular weight is 348 g/mol. The van der Waals surface area contributed by atoms with Gasteiger partial charge in [-0.15, -0.1) is 0 Å². The van der Waals surface area contributed by atoms with Gasteiger partial charge in [-0.1, -0.05) is 52.3 Å². The number of rotatable bonds is 5. The summed E-state index contributed by atoms with van der Waals surface area (Å²) in [6.07, 6.45) is 0. The van der Waals surface area contributed by atoms with Crippen LogP contribution >= 0.6 is 15.9 Å². The molecule has 0 atom stereocenters. The van der Waals surface area contributed by atoms with Crippen molar-refractivity contribution in [3.05, 3.63) is 69.7 Å².